The SMILES string of the molecule is C=C(C)C(=O)Nc1ccc(N=Nc2ccccc2C)cc1C. The minimum atomic E-state index is -0.183. The molecule has 4 nitrogen and oxygen atoms in total. The topological polar surface area (TPSA) is 53.8 Å². The Kier molecular flexibility index (Phi) is 4.84. The van der Waals surface area contributed by atoms with Crippen LogP contribution in [0.2, 0.25) is 0 Å². The standard InChI is InChI=1S/C18H19N3O/c1-12(2)18(22)19-16-10-9-15(11-14(16)4)20-21-17-8-6-5-7-13(17)3/h5-11H,1H2,2-4H3,(H,19,22). The van der Waals surface area contributed by atoms with Crippen LogP contribution in [0.25, 0.3) is 0 Å². The summed E-state index contributed by atoms with van der Waals surface area (Å²) >= 11 is 0. The second-order valence-corrected chi connectivity index (χ2v) is 5.22. The number of benzene rings is 2. The maximum Gasteiger partial charge on any atom is 0.250 e. The molecule has 0 saturated carbocycles. The zero-order valence-electron chi connectivity index (χ0n) is 13.1. The lowest BCUT2D eigenvalue weighted by atomic mass is 10.1. The largest absolute Gasteiger partial charge is 0.322 e. The van der Waals surface area contributed by atoms with Crippen LogP contribution in [0, 0.1) is 13.8 Å². The molecule has 0 aromatic heterocycles. The zero-order valence-corrected chi connectivity index (χ0v) is 13.1. The number of anilines is 1. The monoisotopic (exact) mass is 293 g/mol. The molecule has 0 fully saturated rings. The first kappa shape index (κ1) is 15.6. The summed E-state index contributed by atoms with van der Waals surface area (Å²) in [6.45, 7) is 9.21. The second-order valence-electron chi connectivity index (χ2n) is 5.22. The van der Waals surface area contributed by atoms with Gasteiger partial charge in [0.15, 0.2) is 0 Å². The number of hydrogen-bond donors (Lipinski definition) is 1. The Morgan fingerprint density at radius 1 is 1.05 bits per heavy atom. The summed E-state index contributed by atoms with van der Waals surface area (Å²) in [6.07, 6.45) is 0. The number of carbonyl (C=O) groups is 1. The van der Waals surface area contributed by atoms with Gasteiger partial charge in [0.05, 0.1) is 11.4 Å². The van der Waals surface area contributed by atoms with Crippen LogP contribution in [-0.2, 0) is 4.79 Å². The Hall–Kier alpha value is -2.75. The number of azo groups is 1. The fourth-order valence-corrected chi connectivity index (χ4v) is 1.87. The van der Waals surface area contributed by atoms with E-state index in [4.69, 9.17) is 0 Å². The maximum atomic E-state index is 11.6. The molecular weight excluding hydrogens is 274 g/mol. The molecule has 0 bridgehead atoms. The van der Waals surface area contributed by atoms with Crippen molar-refractivity contribution >= 4 is 23.0 Å². The van der Waals surface area contributed by atoms with Gasteiger partial charge in [0.25, 0.3) is 5.91 Å². The Balaban J connectivity index is 2.18. The van der Waals surface area contributed by atoms with Gasteiger partial charge in [0.2, 0.25) is 0 Å². The first-order valence-electron chi connectivity index (χ1n) is 7.02. The van der Waals surface area contributed by atoms with Crippen LogP contribution in [0.5, 0.6) is 0 Å². The number of aryl methyl sites for hydroxylation is 2. The summed E-state index contributed by atoms with van der Waals surface area (Å²) < 4.78 is 0. The zero-order chi connectivity index (χ0) is 16.1. The van der Waals surface area contributed by atoms with Gasteiger partial charge in [-0.3, -0.25) is 4.79 Å². The minimum absolute atomic E-state index is 0.183. The van der Waals surface area contributed by atoms with E-state index in [-0.39, 0.29) is 5.91 Å². The molecule has 0 radical (unpaired) electrons. The van der Waals surface area contributed by atoms with E-state index in [1.165, 1.54) is 0 Å². The Bertz CT molecular complexity index is 748. The van der Waals surface area contributed by atoms with E-state index >= 15 is 0 Å². The molecule has 1 amide bonds. The summed E-state index contributed by atoms with van der Waals surface area (Å²) in [4.78, 5) is 11.6. The van der Waals surface area contributed by atoms with E-state index in [0.29, 0.717) is 5.57 Å². The highest BCUT2D eigenvalue weighted by molar-refractivity contribution is 6.03. The number of carbonyl (C=O) groups excluding carboxylic acids is 1. The van der Waals surface area contributed by atoms with Crippen LogP contribution in [0.1, 0.15) is 18.1 Å². The highest BCUT2D eigenvalue weighted by atomic mass is 16.1. The van der Waals surface area contributed by atoms with Crippen molar-refractivity contribution in [2.24, 2.45) is 10.2 Å². The summed E-state index contributed by atoms with van der Waals surface area (Å²) in [5.74, 6) is -0.183. The predicted molar refractivity (Wildman–Crippen MR) is 90.0 cm³/mol. The van der Waals surface area contributed by atoms with Crippen molar-refractivity contribution in [2.75, 3.05) is 5.32 Å². The summed E-state index contributed by atoms with van der Waals surface area (Å²) in [6, 6.07) is 13.4. The second kappa shape index (κ2) is 6.80. The number of nitrogens with one attached hydrogen (secondary N) is 1. The summed E-state index contributed by atoms with van der Waals surface area (Å²) in [5, 5.41) is 11.3. The van der Waals surface area contributed by atoms with E-state index in [1.54, 1.807) is 6.92 Å². The number of rotatable bonds is 4. The average molecular weight is 293 g/mol. The number of amides is 1. The minimum Gasteiger partial charge on any atom is -0.322 e. The molecule has 0 atom stereocenters. The van der Waals surface area contributed by atoms with Gasteiger partial charge >= 0.3 is 0 Å². The quantitative estimate of drug-likeness (QED) is 0.608. The third kappa shape index (κ3) is 3.88. The van der Waals surface area contributed by atoms with Crippen molar-refractivity contribution in [3.8, 4) is 0 Å². The molecule has 0 saturated heterocycles. The van der Waals surface area contributed by atoms with Gasteiger partial charge in [-0.25, -0.2) is 0 Å². The molecule has 2 aromatic rings. The van der Waals surface area contributed by atoms with Crippen molar-refractivity contribution in [1.82, 2.24) is 0 Å². The van der Waals surface area contributed by atoms with Crippen LogP contribution in [0.15, 0.2) is 64.8 Å². The van der Waals surface area contributed by atoms with E-state index in [9.17, 15) is 4.79 Å². The lowest BCUT2D eigenvalue weighted by molar-refractivity contribution is -0.112. The van der Waals surface area contributed by atoms with Gasteiger partial charge in [0.1, 0.15) is 0 Å². The molecule has 0 spiro atoms. The van der Waals surface area contributed by atoms with Crippen molar-refractivity contribution in [3.63, 3.8) is 0 Å². The van der Waals surface area contributed by atoms with Crippen LogP contribution in [-0.4, -0.2) is 5.91 Å². The lowest BCUT2D eigenvalue weighted by Gasteiger charge is -2.08. The molecule has 0 aliphatic carbocycles. The third-order valence-electron chi connectivity index (χ3n) is 3.23. The molecule has 0 aliphatic heterocycles. The van der Waals surface area contributed by atoms with Gasteiger partial charge in [-0.05, 0) is 56.2 Å². The highest BCUT2D eigenvalue weighted by Gasteiger charge is 2.05. The van der Waals surface area contributed by atoms with E-state index in [2.05, 4.69) is 22.1 Å². The Morgan fingerprint density at radius 3 is 2.41 bits per heavy atom. The summed E-state index contributed by atoms with van der Waals surface area (Å²) in [7, 11) is 0. The first-order chi connectivity index (χ1) is 10.5. The highest BCUT2D eigenvalue weighted by Crippen LogP contribution is 2.25. The van der Waals surface area contributed by atoms with E-state index < -0.39 is 0 Å². The third-order valence-corrected chi connectivity index (χ3v) is 3.23. The molecule has 2 aromatic carbocycles. The van der Waals surface area contributed by atoms with Gasteiger partial charge < -0.3 is 5.32 Å². The van der Waals surface area contributed by atoms with Gasteiger partial charge in [-0.1, -0.05) is 24.8 Å². The van der Waals surface area contributed by atoms with Crippen molar-refractivity contribution in [2.45, 2.75) is 20.8 Å². The fourth-order valence-electron chi connectivity index (χ4n) is 1.87. The maximum absolute atomic E-state index is 11.6. The van der Waals surface area contributed by atoms with Crippen LogP contribution >= 0.6 is 0 Å². The fraction of sp³-hybridized carbons (Fsp3) is 0.167. The molecule has 0 heterocycles. The number of hydrogen-bond acceptors (Lipinski definition) is 3. The van der Waals surface area contributed by atoms with Crippen LogP contribution < -0.4 is 5.32 Å². The first-order valence-corrected chi connectivity index (χ1v) is 7.02. The Morgan fingerprint density at radius 2 is 1.77 bits per heavy atom. The van der Waals surface area contributed by atoms with Gasteiger partial charge in [-0.15, -0.1) is 0 Å². The van der Waals surface area contributed by atoms with Crippen LogP contribution in [0.4, 0.5) is 17.1 Å². The predicted octanol–water partition coefficient (Wildman–Crippen LogP) is 5.23. The van der Waals surface area contributed by atoms with Gasteiger partial charge in [-0.2, -0.15) is 10.2 Å². The van der Waals surface area contributed by atoms with Crippen molar-refractivity contribution < 1.29 is 4.79 Å². The molecule has 4 heteroatoms. The molecular formula is C18H19N3O. The Labute approximate surface area is 130 Å². The normalized spacial score (nSPS) is 10.7. The molecule has 112 valence electrons. The van der Waals surface area contributed by atoms with E-state index in [0.717, 1.165) is 28.2 Å². The smallest absolute Gasteiger partial charge is 0.250 e. The molecule has 0 aliphatic rings. The van der Waals surface area contributed by atoms with Crippen molar-refractivity contribution in [1.29, 1.82) is 0 Å². The summed E-state index contributed by atoms with van der Waals surface area (Å²) in [5.41, 5.74) is 4.82. The average Bonchev–Trinajstić information content (AvgIpc) is 2.48. The molecule has 1 N–H and O–H groups in total. The molecule has 2 rings (SSSR count). The van der Waals surface area contributed by atoms with Crippen molar-refractivity contribution in [3.05, 3.63) is 65.7 Å². The number of nitrogens with zero attached hydrogens (tertiary/aromatic N) is 2. The molecule has 0 unspecified atom stereocenters. The van der Waals surface area contributed by atoms with Crippen LogP contribution in [0.3, 0.4) is 0 Å². The van der Waals surface area contributed by atoms with Gasteiger partial charge in [0, 0.05) is 11.3 Å². The molecule has 22 heavy (non-hydrogen) atoms. The lowest BCUT2D eigenvalue weighted by Crippen LogP contribution is -2.12. The van der Waals surface area contributed by atoms with E-state index in [1.807, 2.05) is 56.3 Å².